The van der Waals surface area contributed by atoms with Crippen molar-refractivity contribution in [2.45, 2.75) is 52.6 Å². The fourth-order valence-corrected chi connectivity index (χ4v) is 2.55. The third kappa shape index (κ3) is 5.75. The van der Waals surface area contributed by atoms with Crippen LogP contribution >= 0.6 is 11.8 Å². The minimum Gasteiger partial charge on any atom is -0.465 e. The zero-order valence-electron chi connectivity index (χ0n) is 11.1. The van der Waals surface area contributed by atoms with Crippen LogP contribution in [0.15, 0.2) is 0 Å². The zero-order chi connectivity index (χ0) is 12.6. The van der Waals surface area contributed by atoms with Crippen LogP contribution in [0.25, 0.3) is 0 Å². The van der Waals surface area contributed by atoms with Crippen molar-refractivity contribution in [3.8, 4) is 0 Å². The molecule has 0 heterocycles. The lowest BCUT2D eigenvalue weighted by Crippen LogP contribution is -2.55. The van der Waals surface area contributed by atoms with Crippen LogP contribution in [0, 0.1) is 0 Å². The quantitative estimate of drug-likeness (QED) is 0.528. The Bertz CT molecular complexity index is 209. The first-order valence-corrected chi connectivity index (χ1v) is 7.14. The molecule has 0 fully saturated rings. The number of carbonyl (C=O) groups excluding carboxylic acids is 1. The third-order valence-corrected chi connectivity index (χ3v) is 3.55. The fourth-order valence-electron chi connectivity index (χ4n) is 1.51. The largest absolute Gasteiger partial charge is 0.465 e. The molecular weight excluding hydrogens is 222 g/mol. The topological polar surface area (TPSA) is 38.3 Å². The molecule has 0 aliphatic carbocycles. The smallest absolute Gasteiger partial charge is 0.326 e. The number of hydrogen-bond donors (Lipinski definition) is 1. The summed E-state index contributed by atoms with van der Waals surface area (Å²) < 4.78 is 5.12. The number of ether oxygens (including phenoxy) is 1. The Kier molecular flexibility index (Phi) is 7.85. The predicted molar refractivity (Wildman–Crippen MR) is 70.9 cm³/mol. The summed E-state index contributed by atoms with van der Waals surface area (Å²) in [5, 5.41) is 3.30. The lowest BCUT2D eigenvalue weighted by atomic mass is 10.0. The average Bonchev–Trinajstić information content (AvgIpc) is 2.17. The van der Waals surface area contributed by atoms with Gasteiger partial charge in [0.1, 0.15) is 5.54 Å². The SMILES string of the molecule is CCCSCC(C)(NC(C)C)C(=O)OCC. The molecule has 0 rings (SSSR count). The average molecular weight is 247 g/mol. The van der Waals surface area contributed by atoms with Crippen LogP contribution in [0.2, 0.25) is 0 Å². The van der Waals surface area contributed by atoms with E-state index in [0.29, 0.717) is 6.61 Å². The molecule has 0 bridgehead atoms. The first-order valence-electron chi connectivity index (χ1n) is 5.99. The van der Waals surface area contributed by atoms with Gasteiger partial charge >= 0.3 is 5.97 Å². The van der Waals surface area contributed by atoms with Crippen LogP contribution in [-0.4, -0.2) is 35.7 Å². The van der Waals surface area contributed by atoms with Gasteiger partial charge in [0.05, 0.1) is 6.61 Å². The van der Waals surface area contributed by atoms with E-state index < -0.39 is 5.54 Å². The van der Waals surface area contributed by atoms with Crippen molar-refractivity contribution >= 4 is 17.7 Å². The number of thioether (sulfide) groups is 1. The molecule has 0 aromatic rings. The van der Waals surface area contributed by atoms with Crippen molar-refractivity contribution in [1.29, 1.82) is 0 Å². The maximum Gasteiger partial charge on any atom is 0.326 e. The molecule has 0 aliphatic rings. The van der Waals surface area contributed by atoms with Gasteiger partial charge in [0, 0.05) is 11.8 Å². The Morgan fingerprint density at radius 3 is 2.50 bits per heavy atom. The molecule has 1 atom stereocenters. The highest BCUT2D eigenvalue weighted by atomic mass is 32.2. The normalized spacial score (nSPS) is 14.9. The second kappa shape index (κ2) is 7.96. The Morgan fingerprint density at radius 2 is 2.06 bits per heavy atom. The predicted octanol–water partition coefficient (Wildman–Crippen LogP) is 2.45. The highest BCUT2D eigenvalue weighted by Crippen LogP contribution is 2.17. The summed E-state index contributed by atoms with van der Waals surface area (Å²) >= 11 is 1.79. The maximum absolute atomic E-state index is 11.9. The number of esters is 1. The van der Waals surface area contributed by atoms with Gasteiger partial charge in [-0.2, -0.15) is 11.8 Å². The van der Waals surface area contributed by atoms with Gasteiger partial charge in [-0.25, -0.2) is 0 Å². The van der Waals surface area contributed by atoms with Gasteiger partial charge in [0.15, 0.2) is 0 Å². The van der Waals surface area contributed by atoms with E-state index in [2.05, 4.69) is 12.2 Å². The minimum atomic E-state index is -0.565. The van der Waals surface area contributed by atoms with Crippen LogP contribution in [0.3, 0.4) is 0 Å². The Hall–Kier alpha value is -0.220. The van der Waals surface area contributed by atoms with E-state index >= 15 is 0 Å². The second-order valence-electron chi connectivity index (χ2n) is 4.40. The van der Waals surface area contributed by atoms with Gasteiger partial charge in [-0.1, -0.05) is 6.92 Å². The summed E-state index contributed by atoms with van der Waals surface area (Å²) in [5.41, 5.74) is -0.565. The molecule has 0 amide bonds. The first-order chi connectivity index (χ1) is 7.46. The van der Waals surface area contributed by atoms with Crippen LogP contribution in [0.5, 0.6) is 0 Å². The van der Waals surface area contributed by atoms with E-state index in [4.69, 9.17) is 4.74 Å². The van der Waals surface area contributed by atoms with Crippen LogP contribution in [0.4, 0.5) is 0 Å². The number of rotatable bonds is 8. The van der Waals surface area contributed by atoms with E-state index in [1.165, 1.54) is 0 Å². The van der Waals surface area contributed by atoms with Gasteiger partial charge in [-0.15, -0.1) is 0 Å². The number of hydrogen-bond acceptors (Lipinski definition) is 4. The highest BCUT2D eigenvalue weighted by Gasteiger charge is 2.34. The van der Waals surface area contributed by atoms with Crippen molar-refractivity contribution in [3.05, 3.63) is 0 Å². The fraction of sp³-hybridized carbons (Fsp3) is 0.917. The molecule has 16 heavy (non-hydrogen) atoms. The Balaban J connectivity index is 4.40. The van der Waals surface area contributed by atoms with Crippen LogP contribution < -0.4 is 5.32 Å². The summed E-state index contributed by atoms with van der Waals surface area (Å²) in [5.74, 6) is 1.69. The monoisotopic (exact) mass is 247 g/mol. The maximum atomic E-state index is 11.9. The molecule has 0 radical (unpaired) electrons. The molecule has 3 nitrogen and oxygen atoms in total. The van der Waals surface area contributed by atoms with Gasteiger partial charge < -0.3 is 4.74 Å². The summed E-state index contributed by atoms with van der Waals surface area (Å²) in [6, 6.07) is 0.275. The highest BCUT2D eigenvalue weighted by molar-refractivity contribution is 7.99. The molecule has 0 spiro atoms. The van der Waals surface area contributed by atoms with Crippen molar-refractivity contribution in [2.75, 3.05) is 18.1 Å². The van der Waals surface area contributed by atoms with E-state index in [9.17, 15) is 4.79 Å². The molecule has 96 valence electrons. The van der Waals surface area contributed by atoms with E-state index in [0.717, 1.165) is 17.9 Å². The zero-order valence-corrected chi connectivity index (χ0v) is 11.9. The van der Waals surface area contributed by atoms with Crippen molar-refractivity contribution in [2.24, 2.45) is 0 Å². The van der Waals surface area contributed by atoms with Crippen LogP contribution in [0.1, 0.15) is 41.0 Å². The van der Waals surface area contributed by atoms with E-state index in [1.807, 2.05) is 27.7 Å². The van der Waals surface area contributed by atoms with E-state index in [1.54, 1.807) is 11.8 Å². The lowest BCUT2D eigenvalue weighted by Gasteiger charge is -2.30. The molecular formula is C12H25NO2S. The molecule has 0 aliphatic heterocycles. The second-order valence-corrected chi connectivity index (χ2v) is 5.51. The standard InChI is InChI=1S/C12H25NO2S/c1-6-8-16-9-12(5,13-10(3)4)11(14)15-7-2/h10,13H,6-9H2,1-5H3. The molecule has 4 heteroatoms. The minimum absolute atomic E-state index is 0.146. The van der Waals surface area contributed by atoms with Crippen LogP contribution in [-0.2, 0) is 9.53 Å². The van der Waals surface area contributed by atoms with Crippen molar-refractivity contribution in [3.63, 3.8) is 0 Å². The Morgan fingerprint density at radius 1 is 1.44 bits per heavy atom. The third-order valence-electron chi connectivity index (χ3n) is 2.07. The van der Waals surface area contributed by atoms with Gasteiger partial charge in [-0.05, 0) is 39.9 Å². The Labute approximate surface area is 104 Å². The lowest BCUT2D eigenvalue weighted by molar-refractivity contribution is -0.149. The van der Waals surface area contributed by atoms with E-state index in [-0.39, 0.29) is 12.0 Å². The molecule has 0 aromatic heterocycles. The molecule has 0 saturated heterocycles. The van der Waals surface area contributed by atoms with Crippen molar-refractivity contribution < 1.29 is 9.53 Å². The number of carbonyl (C=O) groups is 1. The summed E-state index contributed by atoms with van der Waals surface area (Å²) in [6.07, 6.45) is 1.13. The molecule has 1 unspecified atom stereocenters. The number of nitrogens with one attached hydrogen (secondary N) is 1. The first kappa shape index (κ1) is 15.8. The molecule has 0 saturated carbocycles. The summed E-state index contributed by atoms with van der Waals surface area (Å²) in [4.78, 5) is 11.9. The van der Waals surface area contributed by atoms with Crippen molar-refractivity contribution in [1.82, 2.24) is 5.32 Å². The van der Waals surface area contributed by atoms with Gasteiger partial charge in [0.2, 0.25) is 0 Å². The molecule has 0 aromatic carbocycles. The summed E-state index contributed by atoms with van der Waals surface area (Å²) in [6.45, 7) is 10.4. The van der Waals surface area contributed by atoms with Gasteiger partial charge in [0.25, 0.3) is 0 Å². The summed E-state index contributed by atoms with van der Waals surface area (Å²) in [7, 11) is 0. The molecule has 1 N–H and O–H groups in total. The van der Waals surface area contributed by atoms with Gasteiger partial charge in [-0.3, -0.25) is 10.1 Å².